The lowest BCUT2D eigenvalue weighted by Gasteiger charge is -2.21. The zero-order valence-corrected chi connectivity index (χ0v) is 11.6. The number of aromatic nitrogens is 1. The first-order valence-electron chi connectivity index (χ1n) is 6.80. The van der Waals surface area contributed by atoms with E-state index in [1.165, 1.54) is 0 Å². The third kappa shape index (κ3) is 3.67. The molecule has 1 fully saturated rings. The van der Waals surface area contributed by atoms with Crippen molar-refractivity contribution in [1.29, 1.82) is 0 Å². The van der Waals surface area contributed by atoms with E-state index in [-0.39, 0.29) is 12.0 Å². The average Bonchev–Trinajstić information content (AvgIpc) is 2.67. The predicted octanol–water partition coefficient (Wildman–Crippen LogP) is 1.30. The number of rotatable bonds is 3. The van der Waals surface area contributed by atoms with Gasteiger partial charge in [0.2, 0.25) is 0 Å². The maximum absolute atomic E-state index is 12.5. The summed E-state index contributed by atoms with van der Waals surface area (Å²) in [6.45, 7) is 7.16. The van der Waals surface area contributed by atoms with Crippen LogP contribution in [0.3, 0.4) is 0 Å². The minimum absolute atomic E-state index is 0.0292. The number of hydrogen-bond acceptors (Lipinski definition) is 4. The van der Waals surface area contributed by atoms with Gasteiger partial charge < -0.3 is 15.0 Å². The van der Waals surface area contributed by atoms with E-state index in [1.54, 1.807) is 18.3 Å². The normalized spacial score (nSPS) is 16.3. The fraction of sp³-hybridized carbons (Fsp3) is 0.571. The molecule has 0 unspecified atom stereocenters. The summed E-state index contributed by atoms with van der Waals surface area (Å²) in [7, 11) is 0. The molecule has 0 saturated carbocycles. The van der Waals surface area contributed by atoms with E-state index >= 15 is 0 Å². The number of pyridine rings is 1. The van der Waals surface area contributed by atoms with Gasteiger partial charge in [-0.1, -0.05) is 0 Å². The third-order valence-corrected chi connectivity index (χ3v) is 2.96. The van der Waals surface area contributed by atoms with Crippen molar-refractivity contribution in [1.82, 2.24) is 15.2 Å². The number of carbonyl (C=O) groups excluding carboxylic acids is 1. The first-order valence-corrected chi connectivity index (χ1v) is 6.80. The van der Waals surface area contributed by atoms with Crippen LogP contribution >= 0.6 is 0 Å². The Bertz CT molecular complexity index is 426. The van der Waals surface area contributed by atoms with Gasteiger partial charge in [-0.3, -0.25) is 4.79 Å². The predicted molar refractivity (Wildman–Crippen MR) is 73.4 cm³/mol. The molecule has 0 aromatic carbocycles. The molecule has 1 N–H and O–H groups in total. The fourth-order valence-electron chi connectivity index (χ4n) is 2.10. The molecule has 1 aliphatic rings. The van der Waals surface area contributed by atoms with Gasteiger partial charge in [0.05, 0.1) is 6.10 Å². The maximum Gasteiger partial charge on any atom is 0.276 e. The van der Waals surface area contributed by atoms with Crippen LogP contribution < -0.4 is 10.1 Å². The van der Waals surface area contributed by atoms with Crippen molar-refractivity contribution in [2.75, 3.05) is 26.2 Å². The Hall–Kier alpha value is -1.62. The maximum atomic E-state index is 12.5. The van der Waals surface area contributed by atoms with E-state index in [0.717, 1.165) is 32.6 Å². The summed E-state index contributed by atoms with van der Waals surface area (Å²) < 4.78 is 5.66. The average molecular weight is 263 g/mol. The van der Waals surface area contributed by atoms with Gasteiger partial charge in [0, 0.05) is 25.8 Å². The van der Waals surface area contributed by atoms with Gasteiger partial charge in [0.25, 0.3) is 5.91 Å². The van der Waals surface area contributed by atoms with E-state index in [2.05, 4.69) is 10.3 Å². The summed E-state index contributed by atoms with van der Waals surface area (Å²) in [5.41, 5.74) is 0.415. The zero-order chi connectivity index (χ0) is 13.7. The van der Waals surface area contributed by atoms with Crippen LogP contribution in [0.15, 0.2) is 18.3 Å². The second kappa shape index (κ2) is 6.52. The summed E-state index contributed by atoms with van der Waals surface area (Å²) in [6, 6.07) is 3.59. The molecule has 0 bridgehead atoms. The Morgan fingerprint density at radius 2 is 2.26 bits per heavy atom. The first-order chi connectivity index (χ1) is 9.18. The van der Waals surface area contributed by atoms with Crippen molar-refractivity contribution in [3.63, 3.8) is 0 Å². The molecule has 19 heavy (non-hydrogen) atoms. The van der Waals surface area contributed by atoms with E-state index < -0.39 is 0 Å². The smallest absolute Gasteiger partial charge is 0.276 e. The molecule has 0 radical (unpaired) electrons. The standard InChI is InChI=1S/C14H21N3O2/c1-11(2)19-12-5-3-7-16-13(12)14(18)17-9-4-6-15-8-10-17/h3,5,7,11,15H,4,6,8-10H2,1-2H3. The van der Waals surface area contributed by atoms with Crippen LogP contribution in [0.2, 0.25) is 0 Å². The number of carbonyl (C=O) groups is 1. The summed E-state index contributed by atoms with van der Waals surface area (Å²) in [6.07, 6.45) is 2.64. The molecule has 5 nitrogen and oxygen atoms in total. The molecular formula is C14H21N3O2. The largest absolute Gasteiger partial charge is 0.489 e. The number of nitrogens with one attached hydrogen (secondary N) is 1. The van der Waals surface area contributed by atoms with Gasteiger partial charge in [-0.05, 0) is 38.9 Å². The van der Waals surface area contributed by atoms with Gasteiger partial charge in [-0.25, -0.2) is 4.98 Å². The molecule has 0 atom stereocenters. The van der Waals surface area contributed by atoms with Crippen LogP contribution in [-0.2, 0) is 0 Å². The summed E-state index contributed by atoms with van der Waals surface area (Å²) >= 11 is 0. The molecule has 1 aliphatic heterocycles. The Labute approximate surface area is 114 Å². The highest BCUT2D eigenvalue weighted by atomic mass is 16.5. The van der Waals surface area contributed by atoms with Crippen LogP contribution in [0.5, 0.6) is 5.75 Å². The monoisotopic (exact) mass is 263 g/mol. The van der Waals surface area contributed by atoms with Gasteiger partial charge in [0.1, 0.15) is 0 Å². The Morgan fingerprint density at radius 3 is 3.05 bits per heavy atom. The van der Waals surface area contributed by atoms with Gasteiger partial charge in [0.15, 0.2) is 11.4 Å². The summed E-state index contributed by atoms with van der Waals surface area (Å²) in [5, 5.41) is 3.28. The van der Waals surface area contributed by atoms with Crippen molar-refractivity contribution < 1.29 is 9.53 Å². The highest BCUT2D eigenvalue weighted by Crippen LogP contribution is 2.19. The molecular weight excluding hydrogens is 242 g/mol. The van der Waals surface area contributed by atoms with Crippen molar-refractivity contribution in [2.24, 2.45) is 0 Å². The molecule has 1 aromatic heterocycles. The SMILES string of the molecule is CC(C)Oc1cccnc1C(=O)N1CCCNCC1. The van der Waals surface area contributed by atoms with E-state index in [1.807, 2.05) is 18.7 Å². The highest BCUT2D eigenvalue weighted by molar-refractivity contribution is 5.95. The van der Waals surface area contributed by atoms with E-state index in [4.69, 9.17) is 4.74 Å². The Balaban J connectivity index is 2.17. The van der Waals surface area contributed by atoms with Gasteiger partial charge in [-0.15, -0.1) is 0 Å². The molecule has 1 saturated heterocycles. The van der Waals surface area contributed by atoms with Crippen LogP contribution in [0.25, 0.3) is 0 Å². The highest BCUT2D eigenvalue weighted by Gasteiger charge is 2.22. The Kier molecular flexibility index (Phi) is 4.74. The van der Waals surface area contributed by atoms with Gasteiger partial charge in [-0.2, -0.15) is 0 Å². The lowest BCUT2D eigenvalue weighted by molar-refractivity contribution is 0.0753. The number of hydrogen-bond donors (Lipinski definition) is 1. The van der Waals surface area contributed by atoms with Crippen molar-refractivity contribution in [3.05, 3.63) is 24.0 Å². The zero-order valence-electron chi connectivity index (χ0n) is 11.6. The topological polar surface area (TPSA) is 54.5 Å². The number of ether oxygens (including phenoxy) is 1. The lowest BCUT2D eigenvalue weighted by Crippen LogP contribution is -2.35. The second-order valence-corrected chi connectivity index (χ2v) is 4.91. The fourth-order valence-corrected chi connectivity index (χ4v) is 2.10. The Morgan fingerprint density at radius 1 is 1.42 bits per heavy atom. The van der Waals surface area contributed by atoms with Crippen molar-refractivity contribution in [2.45, 2.75) is 26.4 Å². The third-order valence-electron chi connectivity index (χ3n) is 2.96. The van der Waals surface area contributed by atoms with Crippen LogP contribution in [-0.4, -0.2) is 48.1 Å². The molecule has 2 rings (SSSR count). The van der Waals surface area contributed by atoms with Crippen LogP contribution in [0.1, 0.15) is 30.8 Å². The summed E-state index contributed by atoms with van der Waals surface area (Å²) in [4.78, 5) is 18.6. The van der Waals surface area contributed by atoms with Crippen molar-refractivity contribution >= 4 is 5.91 Å². The van der Waals surface area contributed by atoms with Crippen molar-refractivity contribution in [3.8, 4) is 5.75 Å². The van der Waals surface area contributed by atoms with Crippen LogP contribution in [0.4, 0.5) is 0 Å². The first kappa shape index (κ1) is 13.8. The van der Waals surface area contributed by atoms with E-state index in [9.17, 15) is 4.79 Å². The molecule has 5 heteroatoms. The minimum atomic E-state index is -0.0417. The minimum Gasteiger partial charge on any atom is -0.489 e. The number of nitrogens with zero attached hydrogens (tertiary/aromatic N) is 2. The van der Waals surface area contributed by atoms with Gasteiger partial charge >= 0.3 is 0 Å². The quantitative estimate of drug-likeness (QED) is 0.893. The second-order valence-electron chi connectivity index (χ2n) is 4.91. The molecule has 104 valence electrons. The molecule has 1 amide bonds. The lowest BCUT2D eigenvalue weighted by atomic mass is 10.2. The molecule has 0 aliphatic carbocycles. The summed E-state index contributed by atoms with van der Waals surface area (Å²) in [5.74, 6) is 0.527. The van der Waals surface area contributed by atoms with Crippen LogP contribution in [0, 0.1) is 0 Å². The van der Waals surface area contributed by atoms with E-state index in [0.29, 0.717) is 11.4 Å². The molecule has 2 heterocycles. The molecule has 1 aromatic rings. The molecule has 0 spiro atoms. The number of amides is 1.